The minimum atomic E-state index is -4.69. The van der Waals surface area contributed by atoms with E-state index in [1.807, 2.05) is 0 Å². The molecule has 0 aliphatic heterocycles. The van der Waals surface area contributed by atoms with Crippen molar-refractivity contribution in [2.24, 2.45) is 4.99 Å². The number of aliphatic imine (C=N–C) groups is 1. The maximum absolute atomic E-state index is 12.3. The van der Waals surface area contributed by atoms with Gasteiger partial charge in [0.25, 0.3) is 0 Å². The topological polar surface area (TPSA) is 51.8 Å². The highest BCUT2D eigenvalue weighted by atomic mass is 19.4. The zero-order valence-electron chi connectivity index (χ0n) is 6.88. The molecule has 0 atom stereocenters. The summed E-state index contributed by atoms with van der Waals surface area (Å²) in [7, 11) is 1.05. The van der Waals surface area contributed by atoms with Crippen molar-refractivity contribution in [2.75, 3.05) is 7.11 Å². The van der Waals surface area contributed by atoms with E-state index in [1.54, 1.807) is 0 Å². The van der Waals surface area contributed by atoms with Crippen molar-refractivity contribution >= 4 is 12.0 Å². The van der Waals surface area contributed by atoms with E-state index in [1.165, 1.54) is 0 Å². The molecule has 1 aromatic heterocycles. The number of nitrogens with zero attached hydrogens (tertiary/aromatic N) is 1. The smallest absolute Gasteiger partial charge is 0.425 e. The molecule has 4 nitrogen and oxygen atoms in total. The Morgan fingerprint density at radius 1 is 1.57 bits per heavy atom. The summed E-state index contributed by atoms with van der Waals surface area (Å²) < 4.78 is 45.7. The number of furan rings is 1. The van der Waals surface area contributed by atoms with Crippen LogP contribution in [0.3, 0.4) is 0 Å². The van der Waals surface area contributed by atoms with E-state index in [9.17, 15) is 18.0 Å². The highest BCUT2D eigenvalue weighted by molar-refractivity contribution is 5.53. The Bertz CT molecular complexity index is 376. The molecule has 0 aliphatic rings. The quantitative estimate of drug-likeness (QED) is 0.552. The van der Waals surface area contributed by atoms with Gasteiger partial charge in [-0.1, -0.05) is 0 Å². The van der Waals surface area contributed by atoms with Crippen LogP contribution in [-0.4, -0.2) is 13.2 Å². The summed E-state index contributed by atoms with van der Waals surface area (Å²) in [6, 6.07) is 0. The maximum atomic E-state index is 12.3. The summed E-state index contributed by atoms with van der Waals surface area (Å²) in [6.07, 6.45) is -3.01. The summed E-state index contributed by atoms with van der Waals surface area (Å²) in [5.41, 5.74) is -1.22. The predicted molar refractivity (Wildman–Crippen MR) is 38.0 cm³/mol. The van der Waals surface area contributed by atoms with Crippen molar-refractivity contribution in [3.63, 3.8) is 0 Å². The van der Waals surface area contributed by atoms with E-state index in [-0.39, 0.29) is 0 Å². The van der Waals surface area contributed by atoms with E-state index < -0.39 is 23.4 Å². The van der Waals surface area contributed by atoms with Crippen molar-refractivity contribution in [2.45, 2.75) is 6.18 Å². The first kappa shape index (κ1) is 10.3. The van der Waals surface area contributed by atoms with Crippen LogP contribution in [0.15, 0.2) is 15.7 Å². The van der Waals surface area contributed by atoms with Crippen LogP contribution in [0.4, 0.5) is 19.1 Å². The first-order valence-electron chi connectivity index (χ1n) is 3.31. The summed E-state index contributed by atoms with van der Waals surface area (Å²) in [4.78, 5) is 12.6. The van der Waals surface area contributed by atoms with E-state index in [2.05, 4.69) is 14.1 Å². The molecule has 14 heavy (non-hydrogen) atoms. The standard InChI is InChI=1S/C7H4F3NO3/c1-13-4-2-14-6(11-3-12)5(4)7(8,9)10/h2H,1H3. The molecule has 7 heteroatoms. The van der Waals surface area contributed by atoms with Gasteiger partial charge in [0.1, 0.15) is 6.26 Å². The van der Waals surface area contributed by atoms with Crippen molar-refractivity contribution in [1.82, 2.24) is 0 Å². The Morgan fingerprint density at radius 2 is 2.21 bits per heavy atom. The Kier molecular flexibility index (Phi) is 2.62. The highest BCUT2D eigenvalue weighted by Gasteiger charge is 2.40. The monoisotopic (exact) mass is 207 g/mol. The molecule has 0 aromatic carbocycles. The lowest BCUT2D eigenvalue weighted by Crippen LogP contribution is -2.05. The number of hydrogen-bond donors (Lipinski definition) is 0. The second-order valence-corrected chi connectivity index (χ2v) is 2.19. The first-order valence-corrected chi connectivity index (χ1v) is 3.31. The van der Waals surface area contributed by atoms with Gasteiger partial charge in [-0.3, -0.25) is 0 Å². The van der Waals surface area contributed by atoms with Crippen LogP contribution in [0.5, 0.6) is 5.75 Å². The fourth-order valence-corrected chi connectivity index (χ4v) is 0.867. The minimum Gasteiger partial charge on any atom is -0.493 e. The van der Waals surface area contributed by atoms with Gasteiger partial charge in [-0.05, 0) is 0 Å². The fraction of sp³-hybridized carbons (Fsp3) is 0.286. The molecule has 0 amide bonds. The summed E-state index contributed by atoms with van der Waals surface area (Å²) in [5.74, 6) is -1.38. The third kappa shape index (κ3) is 1.77. The van der Waals surface area contributed by atoms with Gasteiger partial charge in [0, 0.05) is 0 Å². The zero-order valence-corrected chi connectivity index (χ0v) is 6.88. The number of ether oxygens (including phenoxy) is 1. The van der Waals surface area contributed by atoms with Gasteiger partial charge in [-0.15, -0.1) is 4.99 Å². The number of carbonyl (C=O) groups excluding carboxylic acids is 1. The molecule has 0 saturated heterocycles. The van der Waals surface area contributed by atoms with Crippen molar-refractivity contribution in [3.05, 3.63) is 11.8 Å². The van der Waals surface area contributed by atoms with Crippen LogP contribution < -0.4 is 4.74 Å². The minimum absolute atomic E-state index is 0.522. The molecular weight excluding hydrogens is 203 g/mol. The van der Waals surface area contributed by atoms with Gasteiger partial charge < -0.3 is 9.15 Å². The molecule has 1 aromatic rings. The maximum Gasteiger partial charge on any atom is 0.425 e. The Labute approximate surface area is 76.0 Å². The predicted octanol–water partition coefficient (Wildman–Crippen LogP) is 2.27. The number of rotatable bonds is 2. The van der Waals surface area contributed by atoms with Crippen LogP contribution in [0.25, 0.3) is 0 Å². The number of halogens is 3. The first-order chi connectivity index (χ1) is 6.50. The van der Waals surface area contributed by atoms with Gasteiger partial charge in [0.15, 0.2) is 11.3 Å². The summed E-state index contributed by atoms with van der Waals surface area (Å²) in [6.45, 7) is 0. The van der Waals surface area contributed by atoms with Crippen LogP contribution in [-0.2, 0) is 11.0 Å². The molecule has 0 N–H and O–H groups in total. The SMILES string of the molecule is COc1coc(N=C=O)c1C(F)(F)F. The second kappa shape index (κ2) is 3.55. The molecule has 76 valence electrons. The summed E-state index contributed by atoms with van der Waals surface area (Å²) >= 11 is 0. The average molecular weight is 207 g/mol. The second-order valence-electron chi connectivity index (χ2n) is 2.19. The van der Waals surface area contributed by atoms with Gasteiger partial charge in [0.2, 0.25) is 12.0 Å². The number of methoxy groups -OCH3 is 1. The molecule has 0 radical (unpaired) electrons. The van der Waals surface area contributed by atoms with E-state index in [0.717, 1.165) is 19.5 Å². The van der Waals surface area contributed by atoms with Gasteiger partial charge >= 0.3 is 6.18 Å². The van der Waals surface area contributed by atoms with Crippen molar-refractivity contribution in [1.29, 1.82) is 0 Å². The molecule has 0 aliphatic carbocycles. The molecule has 0 unspecified atom stereocenters. The molecule has 0 bridgehead atoms. The van der Waals surface area contributed by atoms with Crippen molar-refractivity contribution in [3.8, 4) is 5.75 Å². The highest BCUT2D eigenvalue weighted by Crippen LogP contribution is 2.43. The molecule has 1 heterocycles. The Morgan fingerprint density at radius 3 is 2.64 bits per heavy atom. The summed E-state index contributed by atoms with van der Waals surface area (Å²) in [5, 5.41) is 0. The third-order valence-electron chi connectivity index (χ3n) is 1.39. The van der Waals surface area contributed by atoms with E-state index in [0.29, 0.717) is 0 Å². The molecule has 0 spiro atoms. The van der Waals surface area contributed by atoms with Gasteiger partial charge in [0.05, 0.1) is 7.11 Å². The molecular formula is C7H4F3NO3. The van der Waals surface area contributed by atoms with Crippen molar-refractivity contribution < 1.29 is 27.1 Å². The molecule has 1 rings (SSSR count). The lowest BCUT2D eigenvalue weighted by Gasteiger charge is -2.05. The van der Waals surface area contributed by atoms with Gasteiger partial charge in [-0.25, -0.2) is 4.79 Å². The molecule has 0 saturated carbocycles. The van der Waals surface area contributed by atoms with Gasteiger partial charge in [-0.2, -0.15) is 13.2 Å². The lowest BCUT2D eigenvalue weighted by molar-refractivity contribution is -0.138. The van der Waals surface area contributed by atoms with E-state index in [4.69, 9.17) is 0 Å². The van der Waals surface area contributed by atoms with Crippen LogP contribution in [0.1, 0.15) is 5.56 Å². The van der Waals surface area contributed by atoms with Crippen LogP contribution >= 0.6 is 0 Å². The lowest BCUT2D eigenvalue weighted by atomic mass is 10.3. The number of alkyl halides is 3. The number of isocyanates is 1. The van der Waals surface area contributed by atoms with Crippen LogP contribution in [0.2, 0.25) is 0 Å². The van der Waals surface area contributed by atoms with E-state index >= 15 is 0 Å². The Hall–Kier alpha value is -1.75. The normalized spacial score (nSPS) is 10.9. The molecule has 0 fully saturated rings. The average Bonchev–Trinajstić information content (AvgIpc) is 2.47. The largest absolute Gasteiger partial charge is 0.493 e. The van der Waals surface area contributed by atoms with Crippen LogP contribution in [0, 0.1) is 0 Å². The third-order valence-corrected chi connectivity index (χ3v) is 1.39. The number of hydrogen-bond acceptors (Lipinski definition) is 4. The fourth-order valence-electron chi connectivity index (χ4n) is 0.867. The zero-order chi connectivity index (χ0) is 10.8. The Balaban J connectivity index is 3.33.